The van der Waals surface area contributed by atoms with Crippen molar-refractivity contribution in [3.63, 3.8) is 0 Å². The largest absolute Gasteiger partial charge is 0.495 e. The van der Waals surface area contributed by atoms with Crippen molar-refractivity contribution >= 4 is 17.6 Å². The van der Waals surface area contributed by atoms with Gasteiger partial charge in [0, 0.05) is 0 Å². The van der Waals surface area contributed by atoms with Gasteiger partial charge < -0.3 is 19.5 Å². The Morgan fingerprint density at radius 1 is 0.862 bits per heavy atom. The van der Waals surface area contributed by atoms with Gasteiger partial charge in [0.25, 0.3) is 5.91 Å². The van der Waals surface area contributed by atoms with E-state index in [0.717, 1.165) is 5.56 Å². The first-order valence-corrected chi connectivity index (χ1v) is 8.96. The zero-order valence-electron chi connectivity index (χ0n) is 16.2. The Labute approximate surface area is 169 Å². The first kappa shape index (κ1) is 19.9. The Morgan fingerprint density at radius 2 is 1.59 bits per heavy atom. The number of methoxy groups -OCH3 is 2. The van der Waals surface area contributed by atoms with Crippen LogP contribution in [0.4, 0.5) is 5.69 Å². The fourth-order valence-electron chi connectivity index (χ4n) is 2.74. The summed E-state index contributed by atoms with van der Waals surface area (Å²) in [5, 5.41) is 2.80. The van der Waals surface area contributed by atoms with Crippen LogP contribution in [0.15, 0.2) is 72.8 Å². The van der Waals surface area contributed by atoms with Crippen LogP contribution in [-0.2, 0) is 11.3 Å². The Kier molecular flexibility index (Phi) is 6.47. The van der Waals surface area contributed by atoms with Crippen LogP contribution in [0.3, 0.4) is 0 Å². The van der Waals surface area contributed by atoms with E-state index in [-0.39, 0.29) is 5.91 Å². The van der Waals surface area contributed by atoms with Crippen molar-refractivity contribution in [2.45, 2.75) is 6.61 Å². The Morgan fingerprint density at radius 3 is 2.31 bits per heavy atom. The van der Waals surface area contributed by atoms with E-state index in [1.807, 2.05) is 36.4 Å². The molecule has 29 heavy (non-hydrogen) atoms. The molecular formula is C23H21NO5. The number of ether oxygens (including phenoxy) is 3. The zero-order chi connectivity index (χ0) is 20.6. The molecule has 0 unspecified atom stereocenters. The van der Waals surface area contributed by atoms with Gasteiger partial charge >= 0.3 is 5.97 Å². The van der Waals surface area contributed by atoms with Gasteiger partial charge in [-0.05, 0) is 35.9 Å². The molecule has 0 aliphatic heterocycles. The van der Waals surface area contributed by atoms with E-state index >= 15 is 0 Å². The molecule has 0 atom stereocenters. The number of hydrogen-bond acceptors (Lipinski definition) is 5. The standard InChI is InChI=1S/C23H21NO5/c1-27-21-14-17(23(26)28-2)12-13-19(21)24-22(25)18-10-6-7-11-20(18)29-15-16-8-4-3-5-9-16/h3-14H,15H2,1-2H3,(H,24,25). The number of carbonyl (C=O) groups is 2. The van der Waals surface area contributed by atoms with Gasteiger partial charge in [0.2, 0.25) is 0 Å². The van der Waals surface area contributed by atoms with Crippen LogP contribution >= 0.6 is 0 Å². The monoisotopic (exact) mass is 391 g/mol. The van der Waals surface area contributed by atoms with Crippen LogP contribution in [0, 0.1) is 0 Å². The van der Waals surface area contributed by atoms with Crippen molar-refractivity contribution in [2.24, 2.45) is 0 Å². The summed E-state index contributed by atoms with van der Waals surface area (Å²) in [6.45, 7) is 0.349. The molecule has 0 radical (unpaired) electrons. The molecule has 148 valence electrons. The average molecular weight is 391 g/mol. The third-order valence-electron chi connectivity index (χ3n) is 4.24. The predicted octanol–water partition coefficient (Wildman–Crippen LogP) is 4.31. The number of esters is 1. The third-order valence-corrected chi connectivity index (χ3v) is 4.24. The van der Waals surface area contributed by atoms with Gasteiger partial charge in [-0.25, -0.2) is 4.79 Å². The Balaban J connectivity index is 1.78. The maximum atomic E-state index is 12.9. The fourth-order valence-corrected chi connectivity index (χ4v) is 2.74. The highest BCUT2D eigenvalue weighted by molar-refractivity contribution is 6.07. The van der Waals surface area contributed by atoms with Crippen LogP contribution < -0.4 is 14.8 Å². The summed E-state index contributed by atoms with van der Waals surface area (Å²) in [4.78, 5) is 24.5. The topological polar surface area (TPSA) is 73.9 Å². The average Bonchev–Trinajstić information content (AvgIpc) is 2.78. The summed E-state index contributed by atoms with van der Waals surface area (Å²) in [6, 6.07) is 21.4. The maximum Gasteiger partial charge on any atom is 0.337 e. The minimum absolute atomic E-state index is 0.328. The molecule has 6 nitrogen and oxygen atoms in total. The number of nitrogens with one attached hydrogen (secondary N) is 1. The minimum Gasteiger partial charge on any atom is -0.495 e. The third kappa shape index (κ3) is 4.93. The van der Waals surface area contributed by atoms with Crippen LogP contribution in [0.2, 0.25) is 0 Å². The van der Waals surface area contributed by atoms with Crippen molar-refractivity contribution in [3.8, 4) is 11.5 Å². The lowest BCUT2D eigenvalue weighted by Crippen LogP contribution is -2.14. The van der Waals surface area contributed by atoms with E-state index in [0.29, 0.717) is 34.9 Å². The lowest BCUT2D eigenvalue weighted by Gasteiger charge is -2.14. The molecule has 1 amide bonds. The highest BCUT2D eigenvalue weighted by atomic mass is 16.5. The van der Waals surface area contributed by atoms with Crippen molar-refractivity contribution in [1.82, 2.24) is 0 Å². The van der Waals surface area contributed by atoms with Gasteiger partial charge in [-0.15, -0.1) is 0 Å². The molecule has 3 rings (SSSR count). The first-order valence-electron chi connectivity index (χ1n) is 8.96. The zero-order valence-corrected chi connectivity index (χ0v) is 16.2. The Hall–Kier alpha value is -3.80. The predicted molar refractivity (Wildman–Crippen MR) is 110 cm³/mol. The maximum absolute atomic E-state index is 12.9. The summed E-state index contributed by atoms with van der Waals surface area (Å²) in [5.74, 6) is -0.0125. The SMILES string of the molecule is COC(=O)c1ccc(NC(=O)c2ccccc2OCc2ccccc2)c(OC)c1. The van der Waals surface area contributed by atoms with Crippen LogP contribution in [0.1, 0.15) is 26.3 Å². The molecule has 0 fully saturated rings. The molecule has 3 aromatic rings. The molecule has 0 saturated carbocycles. The van der Waals surface area contributed by atoms with Crippen molar-refractivity contribution < 1.29 is 23.8 Å². The summed E-state index contributed by atoms with van der Waals surface area (Å²) in [6.07, 6.45) is 0. The minimum atomic E-state index is -0.485. The summed E-state index contributed by atoms with van der Waals surface area (Å²) >= 11 is 0. The molecule has 6 heteroatoms. The second-order valence-electron chi connectivity index (χ2n) is 6.13. The fraction of sp³-hybridized carbons (Fsp3) is 0.130. The van der Waals surface area contributed by atoms with E-state index in [4.69, 9.17) is 14.2 Å². The smallest absolute Gasteiger partial charge is 0.337 e. The highest BCUT2D eigenvalue weighted by Gasteiger charge is 2.16. The van der Waals surface area contributed by atoms with E-state index in [2.05, 4.69) is 5.32 Å². The Bertz CT molecular complexity index is 1000. The van der Waals surface area contributed by atoms with Crippen LogP contribution in [0.5, 0.6) is 11.5 Å². The van der Waals surface area contributed by atoms with E-state index in [9.17, 15) is 9.59 Å². The number of para-hydroxylation sites is 1. The summed E-state index contributed by atoms with van der Waals surface area (Å²) < 4.78 is 15.9. The second kappa shape index (κ2) is 9.41. The molecule has 0 saturated heterocycles. The van der Waals surface area contributed by atoms with Gasteiger partial charge in [0.15, 0.2) is 0 Å². The number of carbonyl (C=O) groups excluding carboxylic acids is 2. The van der Waals surface area contributed by atoms with Gasteiger partial charge in [0.1, 0.15) is 18.1 Å². The lowest BCUT2D eigenvalue weighted by molar-refractivity contribution is 0.0600. The highest BCUT2D eigenvalue weighted by Crippen LogP contribution is 2.28. The van der Waals surface area contributed by atoms with E-state index < -0.39 is 5.97 Å². The molecule has 0 aliphatic rings. The number of anilines is 1. The molecule has 0 aromatic heterocycles. The molecule has 0 bridgehead atoms. The molecule has 1 N–H and O–H groups in total. The lowest BCUT2D eigenvalue weighted by atomic mass is 10.1. The number of amides is 1. The quantitative estimate of drug-likeness (QED) is 0.608. The first-order chi connectivity index (χ1) is 14.1. The van der Waals surface area contributed by atoms with Gasteiger partial charge in [-0.1, -0.05) is 42.5 Å². The van der Waals surface area contributed by atoms with E-state index in [1.54, 1.807) is 30.3 Å². The van der Waals surface area contributed by atoms with Crippen molar-refractivity contribution in [3.05, 3.63) is 89.5 Å². The van der Waals surface area contributed by atoms with Crippen molar-refractivity contribution in [1.29, 1.82) is 0 Å². The summed E-state index contributed by atoms with van der Waals surface area (Å²) in [7, 11) is 2.76. The van der Waals surface area contributed by atoms with Crippen molar-refractivity contribution in [2.75, 3.05) is 19.5 Å². The van der Waals surface area contributed by atoms with Gasteiger partial charge in [-0.3, -0.25) is 4.79 Å². The van der Waals surface area contributed by atoms with Gasteiger partial charge in [-0.2, -0.15) is 0 Å². The molecule has 0 heterocycles. The normalized spacial score (nSPS) is 10.1. The van der Waals surface area contributed by atoms with E-state index in [1.165, 1.54) is 20.3 Å². The van der Waals surface area contributed by atoms with Gasteiger partial charge in [0.05, 0.1) is 31.0 Å². The number of hydrogen-bond donors (Lipinski definition) is 1. The van der Waals surface area contributed by atoms with Crippen LogP contribution in [0.25, 0.3) is 0 Å². The summed E-state index contributed by atoms with van der Waals surface area (Å²) in [5.41, 5.74) is 2.15. The molecule has 3 aromatic carbocycles. The number of benzene rings is 3. The molecule has 0 spiro atoms. The molecule has 0 aliphatic carbocycles. The number of rotatable bonds is 7. The van der Waals surface area contributed by atoms with Crippen LogP contribution in [-0.4, -0.2) is 26.1 Å². The molecular weight excluding hydrogens is 370 g/mol. The second-order valence-corrected chi connectivity index (χ2v) is 6.13.